The van der Waals surface area contributed by atoms with E-state index in [0.717, 1.165) is 0 Å². The van der Waals surface area contributed by atoms with Crippen molar-refractivity contribution in [3.63, 3.8) is 0 Å². The van der Waals surface area contributed by atoms with Crippen molar-refractivity contribution in [3.8, 4) is 0 Å². The van der Waals surface area contributed by atoms with E-state index in [1.54, 1.807) is 6.92 Å². The second-order valence-electron chi connectivity index (χ2n) is 4.62. The summed E-state index contributed by atoms with van der Waals surface area (Å²) in [4.78, 5) is 34.9. The normalized spacial score (nSPS) is 24.7. The van der Waals surface area contributed by atoms with Crippen LogP contribution in [0.4, 0.5) is 4.79 Å². The van der Waals surface area contributed by atoms with E-state index in [0.29, 0.717) is 13.0 Å². The number of carbonyl (C=O) groups excluding carboxylic acids is 2. The molecule has 0 bridgehead atoms. The van der Waals surface area contributed by atoms with Crippen LogP contribution in [0.25, 0.3) is 0 Å². The van der Waals surface area contributed by atoms with Crippen LogP contribution in [0.2, 0.25) is 0 Å². The van der Waals surface area contributed by atoms with Gasteiger partial charge in [-0.1, -0.05) is 0 Å². The average molecular weight is 259 g/mol. The molecule has 1 rings (SSSR count). The Labute approximate surface area is 104 Å². The van der Waals surface area contributed by atoms with Crippen LogP contribution in [0.5, 0.6) is 0 Å². The van der Waals surface area contributed by atoms with Crippen LogP contribution in [-0.2, 0) is 9.59 Å². The first-order valence-corrected chi connectivity index (χ1v) is 5.49. The Morgan fingerprint density at radius 1 is 1.50 bits per heavy atom. The third-order valence-corrected chi connectivity index (χ3v) is 3.13. The van der Waals surface area contributed by atoms with Crippen molar-refractivity contribution in [2.45, 2.75) is 19.4 Å². The lowest BCUT2D eigenvalue weighted by molar-refractivity contribution is -0.140. The molecule has 8 heteroatoms. The van der Waals surface area contributed by atoms with Gasteiger partial charge in [-0.25, -0.2) is 9.59 Å². The third-order valence-electron chi connectivity index (χ3n) is 3.13. The molecular formula is C10H17N3O5. The van der Waals surface area contributed by atoms with E-state index in [1.165, 1.54) is 4.90 Å². The van der Waals surface area contributed by atoms with E-state index in [1.807, 2.05) is 0 Å². The molecule has 1 unspecified atom stereocenters. The predicted molar refractivity (Wildman–Crippen MR) is 60.5 cm³/mol. The summed E-state index contributed by atoms with van der Waals surface area (Å²) in [5.74, 6) is -1.81. The molecule has 1 heterocycles. The van der Waals surface area contributed by atoms with E-state index >= 15 is 0 Å². The summed E-state index contributed by atoms with van der Waals surface area (Å²) >= 11 is 0. The van der Waals surface area contributed by atoms with Gasteiger partial charge in [0.05, 0.1) is 12.0 Å². The lowest BCUT2D eigenvalue weighted by atomic mass is 9.89. The zero-order chi connectivity index (χ0) is 13.9. The zero-order valence-electron chi connectivity index (χ0n) is 10.0. The second-order valence-corrected chi connectivity index (χ2v) is 4.62. The molecule has 1 fully saturated rings. The van der Waals surface area contributed by atoms with Crippen LogP contribution in [-0.4, -0.2) is 58.8 Å². The van der Waals surface area contributed by atoms with Crippen LogP contribution in [0, 0.1) is 5.41 Å². The maximum absolute atomic E-state index is 11.7. The van der Waals surface area contributed by atoms with Gasteiger partial charge in [0, 0.05) is 13.1 Å². The number of aliphatic hydroxyl groups excluding tert-OH is 1. The van der Waals surface area contributed by atoms with Gasteiger partial charge in [-0.2, -0.15) is 0 Å². The smallest absolute Gasteiger partial charge is 0.328 e. The van der Waals surface area contributed by atoms with Crippen LogP contribution in [0.1, 0.15) is 13.3 Å². The van der Waals surface area contributed by atoms with Crippen molar-refractivity contribution in [2.24, 2.45) is 11.1 Å². The van der Waals surface area contributed by atoms with Gasteiger partial charge in [-0.05, 0) is 13.3 Å². The molecule has 8 nitrogen and oxygen atoms in total. The fraction of sp³-hybridized carbons (Fsp3) is 0.700. The van der Waals surface area contributed by atoms with Gasteiger partial charge in [0.1, 0.15) is 0 Å². The van der Waals surface area contributed by atoms with Crippen molar-refractivity contribution >= 4 is 17.9 Å². The third kappa shape index (κ3) is 2.89. The van der Waals surface area contributed by atoms with Gasteiger partial charge in [0.15, 0.2) is 6.04 Å². The lowest BCUT2D eigenvalue weighted by Crippen LogP contribution is -2.49. The maximum atomic E-state index is 11.7. The number of aliphatic carboxylic acids is 1. The molecular weight excluding hydrogens is 242 g/mol. The molecule has 1 aliphatic rings. The number of aliphatic hydroxyl groups is 1. The minimum absolute atomic E-state index is 0.145. The number of amides is 3. The number of rotatable bonds is 4. The molecule has 1 aliphatic heterocycles. The highest BCUT2D eigenvalue weighted by molar-refractivity contribution is 5.85. The summed E-state index contributed by atoms with van der Waals surface area (Å²) in [7, 11) is 0. The molecule has 18 heavy (non-hydrogen) atoms. The monoisotopic (exact) mass is 259 g/mol. The van der Waals surface area contributed by atoms with E-state index < -0.39 is 36.0 Å². The number of likely N-dealkylation sites (tertiary alicyclic amines) is 1. The summed E-state index contributed by atoms with van der Waals surface area (Å²) in [6, 6.07) is -1.97. The Bertz CT molecular complexity index is 373. The molecule has 0 saturated carbocycles. The Balaban J connectivity index is 2.60. The summed E-state index contributed by atoms with van der Waals surface area (Å²) < 4.78 is 0. The molecule has 3 amide bonds. The van der Waals surface area contributed by atoms with Gasteiger partial charge in [-0.3, -0.25) is 4.79 Å². The maximum Gasteiger partial charge on any atom is 0.328 e. The highest BCUT2D eigenvalue weighted by Gasteiger charge is 2.41. The summed E-state index contributed by atoms with van der Waals surface area (Å²) in [5, 5.41) is 19.6. The molecule has 2 atom stereocenters. The number of nitrogens with zero attached hydrogens (tertiary/aromatic N) is 1. The largest absolute Gasteiger partial charge is 0.480 e. The first-order valence-electron chi connectivity index (χ1n) is 5.49. The van der Waals surface area contributed by atoms with E-state index in [2.05, 4.69) is 5.32 Å². The number of nitrogens with one attached hydrogen (secondary N) is 1. The quantitative estimate of drug-likeness (QED) is 0.479. The minimum atomic E-state index is -1.35. The molecule has 0 aromatic heterocycles. The van der Waals surface area contributed by atoms with Gasteiger partial charge < -0.3 is 26.2 Å². The molecule has 0 aromatic carbocycles. The topological polar surface area (TPSA) is 133 Å². The number of hydrogen-bond donors (Lipinski definition) is 4. The number of carboxylic acid groups (broad SMARTS) is 1. The Morgan fingerprint density at radius 3 is 2.50 bits per heavy atom. The highest BCUT2D eigenvalue weighted by atomic mass is 16.4. The molecule has 0 aromatic rings. The van der Waals surface area contributed by atoms with Crippen LogP contribution in [0.15, 0.2) is 0 Å². The van der Waals surface area contributed by atoms with Crippen molar-refractivity contribution in [3.05, 3.63) is 0 Å². The van der Waals surface area contributed by atoms with Crippen molar-refractivity contribution in [1.29, 1.82) is 0 Å². The first kappa shape index (κ1) is 14.2. The SMILES string of the molecule is CC1(C(N)=O)CCN(C(=O)N[C@H](CO)C(=O)O)C1. The number of hydrogen-bond acceptors (Lipinski definition) is 4. The Morgan fingerprint density at radius 2 is 2.11 bits per heavy atom. The Kier molecular flexibility index (Phi) is 4.12. The number of carbonyl (C=O) groups is 3. The molecule has 0 spiro atoms. The van der Waals surface area contributed by atoms with Gasteiger partial charge in [0.25, 0.3) is 0 Å². The predicted octanol–water partition coefficient (Wildman–Crippen LogP) is -1.66. The van der Waals surface area contributed by atoms with E-state index in [4.69, 9.17) is 15.9 Å². The molecule has 1 saturated heterocycles. The number of urea groups is 1. The summed E-state index contributed by atoms with van der Waals surface area (Å²) in [5.41, 5.74) is 4.46. The van der Waals surface area contributed by atoms with Crippen LogP contribution < -0.4 is 11.1 Å². The second kappa shape index (κ2) is 5.21. The van der Waals surface area contributed by atoms with Crippen LogP contribution in [0.3, 0.4) is 0 Å². The average Bonchev–Trinajstić information content (AvgIpc) is 2.69. The lowest BCUT2D eigenvalue weighted by Gasteiger charge is -2.22. The standard InChI is InChI=1S/C10H17N3O5/c1-10(8(11)17)2-3-13(5-10)9(18)12-6(4-14)7(15)16/h6,14H,2-5H2,1H3,(H2,11,17)(H,12,18)(H,15,16)/t6-,10?/m1/s1. The van der Waals surface area contributed by atoms with Gasteiger partial charge in [0.2, 0.25) is 5.91 Å². The molecule has 0 radical (unpaired) electrons. The van der Waals surface area contributed by atoms with Crippen molar-refractivity contribution in [2.75, 3.05) is 19.7 Å². The summed E-state index contributed by atoms with van der Waals surface area (Å²) in [6.07, 6.45) is 0.437. The number of primary amides is 1. The fourth-order valence-electron chi connectivity index (χ4n) is 1.76. The van der Waals surface area contributed by atoms with Crippen molar-refractivity contribution < 1.29 is 24.6 Å². The molecule has 5 N–H and O–H groups in total. The number of nitrogens with two attached hydrogens (primary N) is 1. The van der Waals surface area contributed by atoms with Gasteiger partial charge >= 0.3 is 12.0 Å². The molecule has 0 aliphatic carbocycles. The van der Waals surface area contributed by atoms with E-state index in [9.17, 15) is 14.4 Å². The fourth-order valence-corrected chi connectivity index (χ4v) is 1.76. The Hall–Kier alpha value is -1.83. The molecule has 102 valence electrons. The minimum Gasteiger partial charge on any atom is -0.480 e. The summed E-state index contributed by atoms with van der Waals surface area (Å²) in [6.45, 7) is 1.43. The van der Waals surface area contributed by atoms with Gasteiger partial charge in [-0.15, -0.1) is 0 Å². The van der Waals surface area contributed by atoms with Crippen molar-refractivity contribution in [1.82, 2.24) is 10.2 Å². The zero-order valence-corrected chi connectivity index (χ0v) is 10.0. The highest BCUT2D eigenvalue weighted by Crippen LogP contribution is 2.29. The first-order chi connectivity index (χ1) is 8.30. The van der Waals surface area contributed by atoms with Crippen LogP contribution >= 0.6 is 0 Å². The number of carboxylic acids is 1. The van der Waals surface area contributed by atoms with E-state index in [-0.39, 0.29) is 6.54 Å².